The molecular formula is C11H15F2NO. The monoisotopic (exact) mass is 215 g/mol. The zero-order valence-electron chi connectivity index (χ0n) is 8.84. The van der Waals surface area contributed by atoms with E-state index in [0.717, 1.165) is 6.07 Å². The Balaban J connectivity index is 2.84. The van der Waals surface area contributed by atoms with Gasteiger partial charge in [0, 0.05) is 6.54 Å². The third kappa shape index (κ3) is 2.89. The van der Waals surface area contributed by atoms with E-state index in [1.807, 2.05) is 13.8 Å². The van der Waals surface area contributed by atoms with Crippen LogP contribution in [0.4, 0.5) is 8.78 Å². The van der Waals surface area contributed by atoms with E-state index >= 15 is 0 Å². The Hall–Kier alpha value is -1.16. The normalized spacial score (nSPS) is 12.9. The molecule has 15 heavy (non-hydrogen) atoms. The maximum Gasteiger partial charge on any atom is 0.200 e. The van der Waals surface area contributed by atoms with Crippen molar-refractivity contribution in [1.29, 1.82) is 0 Å². The van der Waals surface area contributed by atoms with Gasteiger partial charge in [-0.3, -0.25) is 0 Å². The van der Waals surface area contributed by atoms with Crippen LogP contribution in [0, 0.1) is 17.6 Å². The fourth-order valence-electron chi connectivity index (χ4n) is 1.19. The van der Waals surface area contributed by atoms with Crippen LogP contribution in [0.25, 0.3) is 0 Å². The summed E-state index contributed by atoms with van der Waals surface area (Å²) in [6.07, 6.45) is -0.304. The molecule has 1 unspecified atom stereocenters. The van der Waals surface area contributed by atoms with Crippen LogP contribution in [0.2, 0.25) is 0 Å². The topological polar surface area (TPSA) is 35.2 Å². The molecule has 0 radical (unpaired) electrons. The van der Waals surface area contributed by atoms with Crippen LogP contribution in [-0.4, -0.2) is 12.6 Å². The Labute approximate surface area is 88.0 Å². The lowest BCUT2D eigenvalue weighted by molar-refractivity contribution is 0.151. The zero-order valence-corrected chi connectivity index (χ0v) is 8.84. The van der Waals surface area contributed by atoms with Crippen LogP contribution < -0.4 is 10.5 Å². The highest BCUT2D eigenvalue weighted by atomic mass is 19.2. The third-order valence-corrected chi connectivity index (χ3v) is 2.17. The van der Waals surface area contributed by atoms with Gasteiger partial charge in [-0.15, -0.1) is 0 Å². The van der Waals surface area contributed by atoms with E-state index in [1.165, 1.54) is 12.1 Å². The second-order valence-electron chi connectivity index (χ2n) is 3.69. The summed E-state index contributed by atoms with van der Waals surface area (Å²) in [5, 5.41) is 0. The molecule has 1 aromatic carbocycles. The highest BCUT2D eigenvalue weighted by Gasteiger charge is 2.16. The largest absolute Gasteiger partial charge is 0.486 e. The fraction of sp³-hybridized carbons (Fsp3) is 0.455. The molecule has 4 heteroatoms. The Morgan fingerprint density at radius 2 is 2.00 bits per heavy atom. The van der Waals surface area contributed by atoms with Gasteiger partial charge in [-0.25, -0.2) is 4.39 Å². The van der Waals surface area contributed by atoms with E-state index < -0.39 is 11.6 Å². The second-order valence-corrected chi connectivity index (χ2v) is 3.69. The second kappa shape index (κ2) is 5.07. The smallest absolute Gasteiger partial charge is 0.200 e. The molecule has 84 valence electrons. The van der Waals surface area contributed by atoms with Crippen LogP contribution in [-0.2, 0) is 0 Å². The predicted molar refractivity (Wildman–Crippen MR) is 54.7 cm³/mol. The molecule has 2 nitrogen and oxygen atoms in total. The zero-order chi connectivity index (χ0) is 11.4. The number of hydrogen-bond acceptors (Lipinski definition) is 2. The van der Waals surface area contributed by atoms with Gasteiger partial charge in [-0.1, -0.05) is 19.9 Å². The lowest BCUT2D eigenvalue weighted by atomic mass is 10.1. The van der Waals surface area contributed by atoms with E-state index in [0.29, 0.717) is 0 Å². The van der Waals surface area contributed by atoms with Crippen molar-refractivity contribution in [3.05, 3.63) is 29.8 Å². The molecule has 1 rings (SSSR count). The Morgan fingerprint density at radius 1 is 1.33 bits per heavy atom. The van der Waals surface area contributed by atoms with Crippen molar-refractivity contribution in [1.82, 2.24) is 0 Å². The van der Waals surface area contributed by atoms with Crippen molar-refractivity contribution in [2.24, 2.45) is 11.7 Å². The maximum absolute atomic E-state index is 13.2. The molecule has 0 aromatic heterocycles. The van der Waals surface area contributed by atoms with Crippen LogP contribution >= 0.6 is 0 Å². The molecule has 0 aliphatic rings. The van der Waals surface area contributed by atoms with Crippen molar-refractivity contribution in [2.45, 2.75) is 20.0 Å². The summed E-state index contributed by atoms with van der Waals surface area (Å²) in [6.45, 7) is 4.09. The molecule has 2 N–H and O–H groups in total. The summed E-state index contributed by atoms with van der Waals surface area (Å²) < 4.78 is 31.4. The SMILES string of the molecule is CC(C)C(CN)Oc1cccc(F)c1F. The number of ether oxygens (including phenoxy) is 1. The number of halogens is 2. The van der Waals surface area contributed by atoms with Crippen molar-refractivity contribution in [2.75, 3.05) is 6.54 Å². The van der Waals surface area contributed by atoms with Gasteiger partial charge in [-0.2, -0.15) is 4.39 Å². The fourth-order valence-corrected chi connectivity index (χ4v) is 1.19. The van der Waals surface area contributed by atoms with Gasteiger partial charge in [0.2, 0.25) is 5.82 Å². The highest BCUT2D eigenvalue weighted by molar-refractivity contribution is 5.25. The molecule has 1 atom stereocenters. The first-order valence-corrected chi connectivity index (χ1v) is 4.87. The molecule has 0 amide bonds. The number of hydrogen-bond donors (Lipinski definition) is 1. The number of benzene rings is 1. The molecule has 0 saturated carbocycles. The minimum absolute atomic E-state index is 0.0841. The summed E-state index contributed by atoms with van der Waals surface area (Å²) in [5.74, 6) is -1.81. The van der Waals surface area contributed by atoms with Gasteiger partial charge in [0.05, 0.1) is 0 Å². The minimum atomic E-state index is -0.961. The van der Waals surface area contributed by atoms with Gasteiger partial charge < -0.3 is 10.5 Å². The van der Waals surface area contributed by atoms with Gasteiger partial charge in [0.25, 0.3) is 0 Å². The average Bonchev–Trinajstić information content (AvgIpc) is 2.19. The molecule has 1 aromatic rings. The summed E-state index contributed by atoms with van der Waals surface area (Å²) in [4.78, 5) is 0. The van der Waals surface area contributed by atoms with Crippen molar-refractivity contribution < 1.29 is 13.5 Å². The first-order chi connectivity index (χ1) is 7.06. The van der Waals surface area contributed by atoms with Crippen molar-refractivity contribution in [3.63, 3.8) is 0 Å². The molecule has 0 aliphatic heterocycles. The van der Waals surface area contributed by atoms with Gasteiger partial charge in [0.1, 0.15) is 6.10 Å². The Bertz CT molecular complexity index is 328. The molecular weight excluding hydrogens is 200 g/mol. The highest BCUT2D eigenvalue weighted by Crippen LogP contribution is 2.21. The van der Waals surface area contributed by atoms with E-state index in [-0.39, 0.29) is 24.3 Å². The molecule has 0 spiro atoms. The van der Waals surface area contributed by atoms with Gasteiger partial charge in [0.15, 0.2) is 11.6 Å². The van der Waals surface area contributed by atoms with Crippen LogP contribution in [0.3, 0.4) is 0 Å². The van der Waals surface area contributed by atoms with Crippen molar-refractivity contribution in [3.8, 4) is 5.75 Å². The summed E-state index contributed by atoms with van der Waals surface area (Å²) in [7, 11) is 0. The van der Waals surface area contributed by atoms with E-state index in [9.17, 15) is 8.78 Å². The lowest BCUT2D eigenvalue weighted by Crippen LogP contribution is -2.32. The van der Waals surface area contributed by atoms with Crippen molar-refractivity contribution >= 4 is 0 Å². The summed E-state index contributed by atoms with van der Waals surface area (Å²) in [6, 6.07) is 3.85. The Morgan fingerprint density at radius 3 is 2.53 bits per heavy atom. The predicted octanol–water partition coefficient (Wildman–Crippen LogP) is 2.33. The standard InChI is InChI=1S/C11H15F2NO/c1-7(2)10(6-14)15-9-5-3-4-8(12)11(9)13/h3-5,7,10H,6,14H2,1-2H3. The van der Waals surface area contributed by atoms with Gasteiger partial charge in [-0.05, 0) is 18.1 Å². The van der Waals surface area contributed by atoms with Gasteiger partial charge >= 0.3 is 0 Å². The van der Waals surface area contributed by atoms with E-state index in [4.69, 9.17) is 10.5 Å². The average molecular weight is 215 g/mol. The molecule has 0 bridgehead atoms. The van der Waals surface area contributed by atoms with E-state index in [2.05, 4.69) is 0 Å². The Kier molecular flexibility index (Phi) is 4.03. The maximum atomic E-state index is 13.2. The minimum Gasteiger partial charge on any atom is -0.486 e. The molecule has 0 aliphatic carbocycles. The number of rotatable bonds is 4. The number of nitrogens with two attached hydrogens (primary N) is 1. The summed E-state index contributed by atoms with van der Waals surface area (Å²) >= 11 is 0. The molecule has 0 heterocycles. The first-order valence-electron chi connectivity index (χ1n) is 4.87. The molecule has 0 fully saturated rings. The lowest BCUT2D eigenvalue weighted by Gasteiger charge is -2.21. The molecule has 0 saturated heterocycles. The van der Waals surface area contributed by atoms with E-state index in [1.54, 1.807) is 0 Å². The summed E-state index contributed by atoms with van der Waals surface area (Å²) in [5.41, 5.74) is 5.47. The van der Waals surface area contributed by atoms with Crippen LogP contribution in [0.1, 0.15) is 13.8 Å². The van der Waals surface area contributed by atoms with Crippen LogP contribution in [0.15, 0.2) is 18.2 Å². The quantitative estimate of drug-likeness (QED) is 0.836. The third-order valence-electron chi connectivity index (χ3n) is 2.17. The first kappa shape index (κ1) is 11.9. The van der Waals surface area contributed by atoms with Crippen LogP contribution in [0.5, 0.6) is 5.75 Å².